The number of esters is 2. The molecule has 4 aliphatic heterocycles. The third-order valence-corrected chi connectivity index (χ3v) is 13.8. The summed E-state index contributed by atoms with van der Waals surface area (Å²) in [6.07, 6.45) is 0.0107. The van der Waals surface area contributed by atoms with E-state index in [0.717, 1.165) is 9.80 Å². The van der Waals surface area contributed by atoms with Crippen molar-refractivity contribution in [1.29, 1.82) is 0 Å². The fraction of sp³-hybridized carbons (Fsp3) is 0.391. The summed E-state index contributed by atoms with van der Waals surface area (Å²) in [4.78, 5) is 145. The number of hydrogen-bond acceptors (Lipinski definition) is 18. The Hall–Kier alpha value is -5.74. The minimum atomic E-state index is -1.59. The third kappa shape index (κ3) is 16.6. The molecular weight excluding hydrogens is 1030 g/mol. The molecular formula is C46H48N6Na2O18S2. The number of fused-ring (bicyclic) bond motifs is 2. The van der Waals surface area contributed by atoms with Crippen LogP contribution < -0.4 is 90.6 Å². The molecule has 0 spiro atoms. The molecule has 4 heterocycles. The summed E-state index contributed by atoms with van der Waals surface area (Å²) in [5.74, 6) is -9.93. The predicted octanol–water partition coefficient (Wildman–Crippen LogP) is -7.98. The fourth-order valence-electron chi connectivity index (χ4n) is 7.54. The van der Waals surface area contributed by atoms with Gasteiger partial charge in [0.1, 0.15) is 48.1 Å². The van der Waals surface area contributed by atoms with E-state index in [-0.39, 0.29) is 145 Å². The van der Waals surface area contributed by atoms with Crippen LogP contribution in [0.25, 0.3) is 0 Å². The smallest absolute Gasteiger partial charge is 0.543 e. The number of carboxylic acids is 4. The third-order valence-electron chi connectivity index (χ3n) is 11.1. The molecule has 6 atom stereocenters. The summed E-state index contributed by atoms with van der Waals surface area (Å²) in [6, 6.07) is 11.9. The molecule has 2 aromatic rings. The van der Waals surface area contributed by atoms with Crippen molar-refractivity contribution in [2.45, 2.75) is 87.3 Å². The summed E-state index contributed by atoms with van der Waals surface area (Å²) in [6.45, 7) is 1.78. The molecule has 28 heteroatoms. The number of β-lactam (4-membered cyclic amide) rings is 2. The Kier molecular flexibility index (Phi) is 24.8. The van der Waals surface area contributed by atoms with Gasteiger partial charge in [0.15, 0.2) is 0 Å². The van der Waals surface area contributed by atoms with Crippen LogP contribution in [-0.4, -0.2) is 151 Å². The molecule has 0 saturated carbocycles. The largest absolute Gasteiger partial charge is 1.00 e. The van der Waals surface area contributed by atoms with E-state index < -0.39 is 106 Å². The van der Waals surface area contributed by atoms with Gasteiger partial charge in [0.25, 0.3) is 23.6 Å². The molecule has 74 heavy (non-hydrogen) atoms. The van der Waals surface area contributed by atoms with E-state index >= 15 is 0 Å². The van der Waals surface area contributed by atoms with E-state index in [9.17, 15) is 78.0 Å². The maximum Gasteiger partial charge on any atom is 1.00 e. The van der Waals surface area contributed by atoms with E-state index in [2.05, 4.69) is 21.3 Å². The van der Waals surface area contributed by atoms with Gasteiger partial charge in [-0.1, -0.05) is 36.4 Å². The van der Waals surface area contributed by atoms with Gasteiger partial charge >= 0.3 is 83.0 Å². The molecule has 24 nitrogen and oxygen atoms in total. The second-order valence-electron chi connectivity index (χ2n) is 16.2. The fourth-order valence-corrected chi connectivity index (χ4v) is 10.2. The van der Waals surface area contributed by atoms with Crippen LogP contribution in [0.2, 0.25) is 0 Å². The van der Waals surface area contributed by atoms with Crippen LogP contribution in [0.3, 0.4) is 0 Å². The van der Waals surface area contributed by atoms with Crippen molar-refractivity contribution in [2.24, 2.45) is 0 Å². The zero-order valence-corrected chi connectivity index (χ0v) is 46.1. The zero-order valence-electron chi connectivity index (χ0n) is 40.4. The van der Waals surface area contributed by atoms with Gasteiger partial charge < -0.3 is 60.8 Å². The molecule has 6 N–H and O–H groups in total. The summed E-state index contributed by atoms with van der Waals surface area (Å²) in [5, 5.41) is 50.7. The van der Waals surface area contributed by atoms with Crippen molar-refractivity contribution in [1.82, 2.24) is 31.1 Å². The summed E-state index contributed by atoms with van der Waals surface area (Å²) in [7, 11) is 0. The van der Waals surface area contributed by atoms with E-state index in [0.29, 0.717) is 11.1 Å². The molecule has 0 aliphatic carbocycles. The number of nitrogens with zero attached hydrogens (tertiary/aromatic N) is 2. The molecule has 6 rings (SSSR count). The number of nitrogens with one attached hydrogen (secondary N) is 4. The standard InChI is InChI=1S/2C23H25N3O9S.2Na/c2*1-12(27)35-10-14-11-36-21-17(20(30)26(21)18(14)23(33)34)25-16(28)9-5-8-15(22(31)32)24-19(29)13-6-3-2-4-7-13;;/h2*2-4,6-7,15,17,21H,5,8-11H2,1H3,(H,24,29)(H,25,28)(H,31,32)(H,33,34);;/q;;2*+1/p-2/t2*15-,17?,21-;;/m11../s1. The van der Waals surface area contributed by atoms with Crippen LogP contribution in [0, 0.1) is 0 Å². The topological polar surface area (TPSA) is 364 Å². The molecule has 384 valence electrons. The Labute approximate surface area is 475 Å². The molecule has 0 aromatic heterocycles. The monoisotopic (exact) mass is 1080 g/mol. The van der Waals surface area contributed by atoms with Crippen LogP contribution in [0.1, 0.15) is 73.1 Å². The second-order valence-corrected chi connectivity index (χ2v) is 18.4. The number of benzene rings is 2. The first-order chi connectivity index (χ1) is 34.2. The minimum absolute atomic E-state index is 0. The zero-order chi connectivity index (χ0) is 52.8. The van der Waals surface area contributed by atoms with Gasteiger partial charge in [0.05, 0.1) is 23.3 Å². The summed E-state index contributed by atoms with van der Waals surface area (Å²) < 4.78 is 9.70. The van der Waals surface area contributed by atoms with Gasteiger partial charge in [-0.05, 0) is 49.9 Å². The van der Waals surface area contributed by atoms with Crippen molar-refractivity contribution in [3.05, 3.63) is 94.3 Å². The van der Waals surface area contributed by atoms with Gasteiger partial charge in [0.2, 0.25) is 11.8 Å². The number of thioether (sulfide) groups is 2. The maximum absolute atomic E-state index is 12.6. The van der Waals surface area contributed by atoms with Crippen LogP contribution in [0.15, 0.2) is 83.2 Å². The van der Waals surface area contributed by atoms with Gasteiger partial charge in [-0.2, -0.15) is 0 Å². The first-order valence-corrected chi connectivity index (χ1v) is 24.1. The number of hydrogen-bond donors (Lipinski definition) is 6. The average molecular weight is 1080 g/mol. The van der Waals surface area contributed by atoms with Crippen LogP contribution in [0.5, 0.6) is 0 Å². The number of carbonyl (C=O) groups excluding carboxylic acids is 10. The van der Waals surface area contributed by atoms with Crippen LogP contribution in [0.4, 0.5) is 0 Å². The molecule has 0 bridgehead atoms. The molecule has 2 aromatic carbocycles. The number of carboxylic acid groups (broad SMARTS) is 4. The maximum atomic E-state index is 12.6. The SMILES string of the molecule is CC(=O)OCC1=C(C(=O)[O-])N2C(=O)C(NC(=O)CCC[C@@H](NC(=O)c3ccccc3)C(=O)O)[C@H]2SC1.CC(=O)OCC1=C(C(=O)[O-])N2C(=O)C(NC(=O)CCC[C@@H](NC(=O)c3ccccc3)C(=O)O)[C@H]2SC1.[Na+].[Na+]. The molecule has 0 radical (unpaired) electrons. The molecule has 2 unspecified atom stereocenters. The van der Waals surface area contributed by atoms with Gasteiger partial charge in [-0.3, -0.25) is 48.2 Å². The molecule has 6 amide bonds. The summed E-state index contributed by atoms with van der Waals surface area (Å²) in [5.41, 5.74) is 0.327. The van der Waals surface area contributed by atoms with Gasteiger partial charge in [0, 0.05) is 60.5 Å². The van der Waals surface area contributed by atoms with Crippen molar-refractivity contribution < 1.29 is 147 Å². The Bertz CT molecular complexity index is 2400. The predicted molar refractivity (Wildman–Crippen MR) is 246 cm³/mol. The van der Waals surface area contributed by atoms with E-state index in [1.54, 1.807) is 60.7 Å². The Morgan fingerprint density at radius 3 is 1.24 bits per heavy atom. The van der Waals surface area contributed by atoms with Crippen molar-refractivity contribution in [3.8, 4) is 0 Å². The number of amides is 6. The van der Waals surface area contributed by atoms with Crippen LogP contribution >= 0.6 is 23.5 Å². The number of ether oxygens (including phenoxy) is 2. The number of rotatable bonds is 22. The van der Waals surface area contributed by atoms with Crippen molar-refractivity contribution >= 4 is 94.8 Å². The average Bonchev–Trinajstić information content (AvgIpc) is 3.34. The second kappa shape index (κ2) is 29.4. The Balaban J connectivity index is 0.000000380. The van der Waals surface area contributed by atoms with Gasteiger partial charge in [-0.25, -0.2) is 9.59 Å². The quantitative estimate of drug-likeness (QED) is 0.0362. The van der Waals surface area contributed by atoms with Crippen LogP contribution in [-0.2, 0) is 57.4 Å². The number of aliphatic carboxylic acids is 4. The Morgan fingerprint density at radius 2 is 0.946 bits per heavy atom. The van der Waals surface area contributed by atoms with E-state index in [1.165, 1.54) is 37.4 Å². The molecule has 2 saturated heterocycles. The van der Waals surface area contributed by atoms with E-state index in [1.807, 2.05) is 0 Å². The molecule has 2 fully saturated rings. The first kappa shape index (κ1) is 62.6. The van der Waals surface area contributed by atoms with Gasteiger partial charge in [-0.15, -0.1) is 23.5 Å². The minimum Gasteiger partial charge on any atom is -0.543 e. The van der Waals surface area contributed by atoms with Crippen molar-refractivity contribution in [2.75, 3.05) is 24.7 Å². The Morgan fingerprint density at radius 1 is 0.608 bits per heavy atom. The van der Waals surface area contributed by atoms with E-state index in [4.69, 9.17) is 9.47 Å². The number of carbonyl (C=O) groups is 12. The normalized spacial score (nSPS) is 18.9. The molecule has 4 aliphatic rings. The summed E-state index contributed by atoms with van der Waals surface area (Å²) >= 11 is 2.42. The van der Waals surface area contributed by atoms with Crippen molar-refractivity contribution in [3.63, 3.8) is 0 Å². The first-order valence-electron chi connectivity index (χ1n) is 22.0.